The summed E-state index contributed by atoms with van der Waals surface area (Å²) in [4.78, 5) is 41.8. The molecule has 0 radical (unpaired) electrons. The first-order valence-corrected chi connectivity index (χ1v) is 14.9. The molecular weight excluding hydrogens is 599 g/mol. The molecule has 0 saturated heterocycles. The fourth-order valence-corrected chi connectivity index (χ4v) is 7.06. The third-order valence-corrected chi connectivity index (χ3v) is 9.18. The topological polar surface area (TPSA) is 119 Å². The average Bonchev–Trinajstić information content (AvgIpc) is 3.34. The minimum absolute atomic E-state index is 0.0194. The van der Waals surface area contributed by atoms with E-state index in [1.54, 1.807) is 0 Å². The van der Waals surface area contributed by atoms with E-state index < -0.39 is 41.2 Å². The van der Waals surface area contributed by atoms with E-state index in [0.717, 1.165) is 19.3 Å². The number of unbranched alkanes of at least 4 members (excludes halogenated alkanes) is 2. The summed E-state index contributed by atoms with van der Waals surface area (Å²) in [7, 11) is 3.68. The molecule has 2 aromatic rings. The Morgan fingerprint density at radius 2 is 1.83 bits per heavy atom. The second-order valence-electron chi connectivity index (χ2n) is 11.2. The lowest BCUT2D eigenvalue weighted by Gasteiger charge is -2.45. The van der Waals surface area contributed by atoms with Gasteiger partial charge in [-0.3, -0.25) is 19.3 Å². The number of Topliss-reactive ketones (excluding diaryl/α,β-unsaturated/α-hetero) is 2. The average molecular weight is 634 g/mol. The van der Waals surface area contributed by atoms with Gasteiger partial charge in [-0.25, -0.2) is 4.39 Å². The van der Waals surface area contributed by atoms with Crippen molar-refractivity contribution < 1.29 is 37.9 Å². The number of nitrogens with zero attached hydrogens (tertiary/aromatic N) is 2. The Hall–Kier alpha value is -3.05. The molecule has 1 N–H and O–H groups in total. The molecule has 1 unspecified atom stereocenters. The highest BCUT2D eigenvalue weighted by molar-refractivity contribution is 9.10. The van der Waals surface area contributed by atoms with Crippen molar-refractivity contribution in [1.29, 1.82) is 0 Å². The van der Waals surface area contributed by atoms with Crippen molar-refractivity contribution in [1.82, 2.24) is 10.1 Å². The molecule has 9 nitrogen and oxygen atoms in total. The van der Waals surface area contributed by atoms with E-state index in [2.05, 4.69) is 21.1 Å². The van der Waals surface area contributed by atoms with Crippen LogP contribution in [-0.4, -0.2) is 60.3 Å². The van der Waals surface area contributed by atoms with E-state index >= 15 is 4.39 Å². The first-order valence-electron chi connectivity index (χ1n) is 14.1. The molecule has 41 heavy (non-hydrogen) atoms. The lowest BCUT2D eigenvalue weighted by molar-refractivity contribution is 0.0526. The Balaban J connectivity index is 1.64. The first-order chi connectivity index (χ1) is 19.7. The predicted octanol–water partition coefficient (Wildman–Crippen LogP) is 6.05. The van der Waals surface area contributed by atoms with Crippen molar-refractivity contribution in [3.8, 4) is 11.6 Å². The SMILES string of the molecule is CCCCOc1noc2c1C(=O)C1C(O)=C3C(=O)c4c(c(F)c(C=O)c(Br)c4OCCCC)C[C@H]3C[C@H]1[C@@H]2N(C)C. The van der Waals surface area contributed by atoms with Crippen LogP contribution in [0.4, 0.5) is 4.39 Å². The zero-order valence-corrected chi connectivity index (χ0v) is 25.2. The van der Waals surface area contributed by atoms with Crippen LogP contribution in [0.25, 0.3) is 0 Å². The van der Waals surface area contributed by atoms with Gasteiger partial charge < -0.3 is 19.1 Å². The van der Waals surface area contributed by atoms with Crippen LogP contribution in [-0.2, 0) is 6.42 Å². The second-order valence-corrected chi connectivity index (χ2v) is 11.9. The van der Waals surface area contributed by atoms with E-state index in [-0.39, 0.29) is 62.7 Å². The van der Waals surface area contributed by atoms with Crippen molar-refractivity contribution in [2.45, 2.75) is 58.4 Å². The molecule has 4 atom stereocenters. The Morgan fingerprint density at radius 1 is 1.15 bits per heavy atom. The van der Waals surface area contributed by atoms with E-state index in [1.807, 2.05) is 32.8 Å². The zero-order valence-electron chi connectivity index (χ0n) is 23.6. The van der Waals surface area contributed by atoms with Gasteiger partial charge in [0.15, 0.2) is 23.6 Å². The van der Waals surface area contributed by atoms with E-state index in [0.29, 0.717) is 31.5 Å². The number of aliphatic hydroxyl groups is 1. The standard InChI is InChI=1S/C30H34BrFN2O7/c1-5-7-9-39-28-20-15(23(32)17(13-35)22(28)31)11-14-12-16-19(25(36)18(14)26(20)37)27(38)21-29(24(16)34(3)4)41-33-30(21)40-10-8-6-2/h13-14,16,19,24,36H,5-12H2,1-4H3/t14-,16+,19?,24-/m0/s1. The third-order valence-electron chi connectivity index (χ3n) is 8.40. The lowest BCUT2D eigenvalue weighted by atomic mass is 9.61. The smallest absolute Gasteiger partial charge is 0.265 e. The van der Waals surface area contributed by atoms with Crippen molar-refractivity contribution in [3.63, 3.8) is 0 Å². The summed E-state index contributed by atoms with van der Waals surface area (Å²) in [5, 5.41) is 15.8. The molecule has 3 aliphatic carbocycles. The molecule has 1 aromatic heterocycles. The van der Waals surface area contributed by atoms with Gasteiger partial charge in [0.1, 0.15) is 22.9 Å². The van der Waals surface area contributed by atoms with Crippen LogP contribution in [0.5, 0.6) is 11.6 Å². The summed E-state index contributed by atoms with van der Waals surface area (Å²) in [6, 6.07) is -0.447. The second kappa shape index (κ2) is 11.7. The monoisotopic (exact) mass is 632 g/mol. The summed E-state index contributed by atoms with van der Waals surface area (Å²) < 4.78 is 33.1. The fraction of sp³-hybridized carbons (Fsp3) is 0.533. The Bertz CT molecular complexity index is 1430. The molecule has 220 valence electrons. The number of hydrogen-bond acceptors (Lipinski definition) is 9. The molecule has 1 aromatic carbocycles. The molecule has 0 amide bonds. The molecule has 3 aliphatic rings. The van der Waals surface area contributed by atoms with Crippen molar-refractivity contribution in [2.24, 2.45) is 17.8 Å². The number of hydrogen-bond donors (Lipinski definition) is 1. The maximum atomic E-state index is 15.7. The molecule has 0 saturated carbocycles. The van der Waals surface area contributed by atoms with Crippen LogP contribution in [0.3, 0.4) is 0 Å². The van der Waals surface area contributed by atoms with Crippen molar-refractivity contribution in [2.75, 3.05) is 27.3 Å². The minimum atomic E-state index is -1.02. The number of ketones is 2. The van der Waals surface area contributed by atoms with Gasteiger partial charge in [0.2, 0.25) is 0 Å². The number of aromatic nitrogens is 1. The highest BCUT2D eigenvalue weighted by atomic mass is 79.9. The van der Waals surface area contributed by atoms with E-state index in [1.165, 1.54) is 0 Å². The number of rotatable bonds is 10. The molecule has 5 rings (SSSR count). The predicted molar refractivity (Wildman–Crippen MR) is 150 cm³/mol. The Morgan fingerprint density at radius 3 is 2.46 bits per heavy atom. The normalized spacial score (nSPS) is 23.2. The number of halogens is 2. The van der Waals surface area contributed by atoms with Gasteiger partial charge in [-0.05, 0) is 72.7 Å². The first kappa shape index (κ1) is 29.4. The number of benzene rings is 1. The van der Waals surface area contributed by atoms with Crippen molar-refractivity contribution in [3.05, 3.63) is 49.6 Å². The minimum Gasteiger partial charge on any atom is -0.511 e. The number of aliphatic hydroxyl groups excluding tert-OH is 1. The summed E-state index contributed by atoms with van der Waals surface area (Å²) in [5.41, 5.74) is 0.123. The van der Waals surface area contributed by atoms with E-state index in [9.17, 15) is 19.5 Å². The van der Waals surface area contributed by atoms with Gasteiger partial charge >= 0.3 is 0 Å². The number of ether oxygens (including phenoxy) is 2. The van der Waals surface area contributed by atoms with Gasteiger partial charge in [-0.15, -0.1) is 0 Å². The van der Waals surface area contributed by atoms with Crippen LogP contribution >= 0.6 is 15.9 Å². The quantitative estimate of drug-likeness (QED) is 0.246. The number of carbonyl (C=O) groups is 3. The summed E-state index contributed by atoms with van der Waals surface area (Å²) in [6.07, 6.45) is 3.97. The molecule has 11 heteroatoms. The third kappa shape index (κ3) is 4.70. The van der Waals surface area contributed by atoms with Gasteiger partial charge in [0.25, 0.3) is 5.88 Å². The molecule has 0 bridgehead atoms. The fourth-order valence-electron chi connectivity index (χ4n) is 6.48. The number of allylic oxidation sites excluding steroid dienone is 2. The van der Waals surface area contributed by atoms with Gasteiger partial charge in [-0.1, -0.05) is 26.7 Å². The summed E-state index contributed by atoms with van der Waals surface area (Å²) in [5.74, 6) is -3.65. The summed E-state index contributed by atoms with van der Waals surface area (Å²) >= 11 is 3.27. The zero-order chi connectivity index (χ0) is 29.6. The van der Waals surface area contributed by atoms with Crippen molar-refractivity contribution >= 4 is 33.8 Å². The molecular formula is C30H34BrFN2O7. The molecule has 1 heterocycles. The highest BCUT2D eigenvalue weighted by Gasteiger charge is 2.55. The van der Waals surface area contributed by atoms with Gasteiger partial charge in [0, 0.05) is 11.1 Å². The number of fused-ring (bicyclic) bond motifs is 4. The Kier molecular flexibility index (Phi) is 8.39. The van der Waals surface area contributed by atoms with E-state index in [4.69, 9.17) is 14.0 Å². The van der Waals surface area contributed by atoms with Crippen LogP contribution < -0.4 is 9.47 Å². The van der Waals surface area contributed by atoms with Crippen LogP contribution in [0.2, 0.25) is 0 Å². The molecule has 0 aliphatic heterocycles. The highest BCUT2D eigenvalue weighted by Crippen LogP contribution is 2.55. The number of aldehydes is 1. The lowest BCUT2D eigenvalue weighted by Crippen LogP contribution is -2.46. The van der Waals surface area contributed by atoms with Crippen LogP contribution in [0.1, 0.15) is 94.4 Å². The van der Waals surface area contributed by atoms with Gasteiger partial charge in [-0.2, -0.15) is 0 Å². The van der Waals surface area contributed by atoms with Crippen LogP contribution in [0.15, 0.2) is 20.3 Å². The summed E-state index contributed by atoms with van der Waals surface area (Å²) in [6.45, 7) is 4.62. The largest absolute Gasteiger partial charge is 0.511 e. The maximum absolute atomic E-state index is 15.7. The van der Waals surface area contributed by atoms with Crippen LogP contribution in [0, 0.1) is 23.6 Å². The Labute approximate surface area is 246 Å². The molecule has 0 fully saturated rings. The van der Waals surface area contributed by atoms with Gasteiger partial charge in [0.05, 0.1) is 40.8 Å². The number of carbonyl (C=O) groups excluding carboxylic acids is 3. The molecule has 0 spiro atoms. The maximum Gasteiger partial charge on any atom is 0.265 e.